The number of ketones is 1. The highest BCUT2D eigenvalue weighted by molar-refractivity contribution is 6.10. The molecule has 0 atom stereocenters. The Bertz CT molecular complexity index is 1520. The van der Waals surface area contributed by atoms with Gasteiger partial charge >= 0.3 is 0 Å². The number of hydrogen-bond donors (Lipinski definition) is 2. The van der Waals surface area contributed by atoms with Gasteiger partial charge < -0.3 is 10.2 Å². The summed E-state index contributed by atoms with van der Waals surface area (Å²) in [5, 5.41) is 31.2. The van der Waals surface area contributed by atoms with Crippen molar-refractivity contribution in [3.8, 4) is 17.2 Å². The van der Waals surface area contributed by atoms with Crippen LogP contribution >= 0.6 is 0 Å². The summed E-state index contributed by atoms with van der Waals surface area (Å²) < 4.78 is 0. The number of nitrogens with zero attached hydrogens (tertiary/aromatic N) is 3. The topological polar surface area (TPSA) is 88.2 Å². The van der Waals surface area contributed by atoms with Crippen LogP contribution in [-0.4, -0.2) is 31.0 Å². The first-order valence-corrected chi connectivity index (χ1v) is 11.2. The zero-order chi connectivity index (χ0) is 24.4. The average molecular weight is 462 g/mol. The lowest BCUT2D eigenvalue weighted by Gasteiger charge is -2.14. The van der Waals surface area contributed by atoms with E-state index in [-0.39, 0.29) is 29.3 Å². The van der Waals surface area contributed by atoms with E-state index < -0.39 is 0 Å². The maximum atomic E-state index is 13.0. The van der Waals surface area contributed by atoms with Crippen molar-refractivity contribution in [2.45, 2.75) is 12.8 Å². The fourth-order valence-corrected chi connectivity index (χ4v) is 4.15. The largest absolute Gasteiger partial charge is 0.507 e. The highest BCUT2D eigenvalue weighted by Crippen LogP contribution is 2.33. The number of hydrogen-bond acceptors (Lipinski definition) is 5. The second kappa shape index (κ2) is 9.27. The average Bonchev–Trinajstić information content (AvgIpc) is 3.31. The molecule has 0 spiro atoms. The number of phenols is 2. The fraction of sp³-hybridized carbons (Fsp3) is 0.0690. The van der Waals surface area contributed by atoms with Crippen molar-refractivity contribution in [2.24, 2.45) is 0 Å². The molecule has 0 aliphatic carbocycles. The number of aromatic hydroxyl groups is 2. The smallest absolute Gasteiger partial charge is 0.196 e. The SMILES string of the molecule is C=CCc1cc(Cc2cccc(C(=O)c3ccccc3)c2O)c(O)c(-n2nc3ccccc3n2)c1. The molecule has 5 rings (SSSR count). The molecule has 0 amide bonds. The summed E-state index contributed by atoms with van der Waals surface area (Å²) in [6.07, 6.45) is 2.58. The Morgan fingerprint density at radius 3 is 2.20 bits per heavy atom. The van der Waals surface area contributed by atoms with Gasteiger partial charge in [0.15, 0.2) is 5.78 Å². The molecule has 0 fully saturated rings. The summed E-state index contributed by atoms with van der Waals surface area (Å²) >= 11 is 0. The number of phenolic OH excluding ortho intramolecular Hbond substituents is 2. The molecule has 5 aromatic rings. The Morgan fingerprint density at radius 2 is 1.51 bits per heavy atom. The van der Waals surface area contributed by atoms with Crippen molar-refractivity contribution in [1.82, 2.24) is 15.0 Å². The van der Waals surface area contributed by atoms with Gasteiger partial charge in [0.25, 0.3) is 0 Å². The second-order valence-electron chi connectivity index (χ2n) is 8.28. The van der Waals surface area contributed by atoms with E-state index in [9.17, 15) is 15.0 Å². The summed E-state index contributed by atoms with van der Waals surface area (Å²) in [7, 11) is 0. The Hall–Kier alpha value is -4.71. The standard InChI is InChI=1S/C29H23N3O3/c1-2-9-19-16-22(29(35)26(17-19)32-30-24-14-6-7-15-25(24)31-32)18-21-12-8-13-23(28(21)34)27(33)20-10-4-3-5-11-20/h2-8,10-17,34-35H,1,9,18H2. The molecule has 0 bridgehead atoms. The molecule has 0 radical (unpaired) electrons. The van der Waals surface area contributed by atoms with Crippen LogP contribution in [0.3, 0.4) is 0 Å². The minimum absolute atomic E-state index is 0.0114. The molecule has 0 unspecified atom stereocenters. The predicted molar refractivity (Wildman–Crippen MR) is 135 cm³/mol. The van der Waals surface area contributed by atoms with Gasteiger partial charge in [-0.2, -0.15) is 0 Å². The molecule has 0 saturated heterocycles. The molecule has 2 N–H and O–H groups in total. The minimum atomic E-state index is -0.261. The highest BCUT2D eigenvalue weighted by Gasteiger charge is 2.19. The molecular formula is C29H23N3O3. The van der Waals surface area contributed by atoms with Crippen LogP contribution in [0.4, 0.5) is 0 Å². The highest BCUT2D eigenvalue weighted by atomic mass is 16.3. The number of allylic oxidation sites excluding steroid dienone is 1. The number of aromatic nitrogens is 3. The lowest BCUT2D eigenvalue weighted by atomic mass is 9.95. The van der Waals surface area contributed by atoms with Crippen molar-refractivity contribution in [3.05, 3.63) is 125 Å². The van der Waals surface area contributed by atoms with Crippen LogP contribution in [0.1, 0.15) is 32.6 Å². The third kappa shape index (κ3) is 4.29. The lowest BCUT2D eigenvalue weighted by molar-refractivity contribution is 0.103. The van der Waals surface area contributed by atoms with Gasteiger partial charge in [-0.05, 0) is 41.8 Å². The molecule has 6 heteroatoms. The van der Waals surface area contributed by atoms with Crippen molar-refractivity contribution >= 4 is 16.8 Å². The Balaban J connectivity index is 1.56. The first-order chi connectivity index (χ1) is 17.0. The van der Waals surface area contributed by atoms with E-state index in [2.05, 4.69) is 16.8 Å². The molecule has 0 aliphatic heterocycles. The summed E-state index contributed by atoms with van der Waals surface area (Å²) in [6, 6.07) is 25.1. The molecule has 172 valence electrons. The number of carbonyl (C=O) groups is 1. The molecule has 6 nitrogen and oxygen atoms in total. The first kappa shape index (κ1) is 22.1. The Labute approximate surface area is 202 Å². The van der Waals surface area contributed by atoms with Gasteiger partial charge in [-0.25, -0.2) is 0 Å². The first-order valence-electron chi connectivity index (χ1n) is 11.2. The normalized spacial score (nSPS) is 11.0. The van der Waals surface area contributed by atoms with Crippen molar-refractivity contribution in [3.63, 3.8) is 0 Å². The molecule has 0 saturated carbocycles. The Kier molecular flexibility index (Phi) is 5.85. The maximum absolute atomic E-state index is 13.0. The van der Waals surface area contributed by atoms with Crippen LogP contribution in [0.15, 0.2) is 97.6 Å². The van der Waals surface area contributed by atoms with Crippen LogP contribution in [0.2, 0.25) is 0 Å². The molecule has 4 aromatic carbocycles. The van der Waals surface area contributed by atoms with Gasteiger partial charge in [0.05, 0.1) is 5.56 Å². The summed E-state index contributed by atoms with van der Waals surface area (Å²) in [4.78, 5) is 14.4. The summed E-state index contributed by atoms with van der Waals surface area (Å²) in [5.74, 6) is -0.348. The maximum Gasteiger partial charge on any atom is 0.196 e. The van der Waals surface area contributed by atoms with Gasteiger partial charge in [-0.15, -0.1) is 21.6 Å². The second-order valence-corrected chi connectivity index (χ2v) is 8.28. The third-order valence-corrected chi connectivity index (χ3v) is 5.89. The van der Waals surface area contributed by atoms with Gasteiger partial charge in [0.1, 0.15) is 28.2 Å². The number of para-hydroxylation sites is 1. The fourth-order valence-electron chi connectivity index (χ4n) is 4.15. The van der Waals surface area contributed by atoms with E-state index in [0.29, 0.717) is 39.8 Å². The van der Waals surface area contributed by atoms with Crippen LogP contribution in [0.25, 0.3) is 16.7 Å². The lowest BCUT2D eigenvalue weighted by Crippen LogP contribution is -2.05. The monoisotopic (exact) mass is 461 g/mol. The van der Waals surface area contributed by atoms with E-state index in [1.54, 1.807) is 48.5 Å². The van der Waals surface area contributed by atoms with Crippen LogP contribution in [0.5, 0.6) is 11.5 Å². The van der Waals surface area contributed by atoms with Crippen molar-refractivity contribution in [2.75, 3.05) is 0 Å². The molecule has 35 heavy (non-hydrogen) atoms. The van der Waals surface area contributed by atoms with E-state index in [4.69, 9.17) is 0 Å². The van der Waals surface area contributed by atoms with E-state index in [0.717, 1.165) is 5.56 Å². The zero-order valence-electron chi connectivity index (χ0n) is 18.9. The van der Waals surface area contributed by atoms with Crippen LogP contribution < -0.4 is 0 Å². The number of fused-ring (bicyclic) bond motifs is 1. The van der Waals surface area contributed by atoms with E-state index in [1.807, 2.05) is 42.5 Å². The third-order valence-electron chi connectivity index (χ3n) is 5.89. The van der Waals surface area contributed by atoms with Gasteiger partial charge in [0, 0.05) is 17.5 Å². The number of carbonyl (C=O) groups excluding carboxylic acids is 1. The van der Waals surface area contributed by atoms with E-state index >= 15 is 0 Å². The van der Waals surface area contributed by atoms with Crippen LogP contribution in [0, 0.1) is 0 Å². The van der Waals surface area contributed by atoms with Gasteiger partial charge in [-0.1, -0.05) is 66.7 Å². The molecule has 1 heterocycles. The summed E-state index contributed by atoms with van der Waals surface area (Å²) in [5.41, 5.74) is 4.61. The van der Waals surface area contributed by atoms with E-state index in [1.165, 1.54) is 4.80 Å². The Morgan fingerprint density at radius 1 is 0.829 bits per heavy atom. The molecule has 1 aromatic heterocycles. The summed E-state index contributed by atoms with van der Waals surface area (Å²) in [6.45, 7) is 3.83. The van der Waals surface area contributed by atoms with Crippen molar-refractivity contribution < 1.29 is 15.0 Å². The molecule has 0 aliphatic rings. The van der Waals surface area contributed by atoms with Gasteiger partial charge in [0.2, 0.25) is 0 Å². The minimum Gasteiger partial charge on any atom is -0.507 e. The van der Waals surface area contributed by atoms with Crippen LogP contribution in [-0.2, 0) is 12.8 Å². The van der Waals surface area contributed by atoms with Gasteiger partial charge in [-0.3, -0.25) is 4.79 Å². The zero-order valence-corrected chi connectivity index (χ0v) is 18.9. The quantitative estimate of drug-likeness (QED) is 0.251. The molecular weight excluding hydrogens is 438 g/mol. The predicted octanol–water partition coefficient (Wildman–Crippen LogP) is 5.38. The number of benzene rings is 4. The number of rotatable bonds is 7. The van der Waals surface area contributed by atoms with Crippen molar-refractivity contribution in [1.29, 1.82) is 0 Å².